The topological polar surface area (TPSA) is 77.2 Å². The van der Waals surface area contributed by atoms with Gasteiger partial charge >= 0.3 is 0 Å². The van der Waals surface area contributed by atoms with E-state index in [1.165, 1.54) is 11.3 Å². The van der Waals surface area contributed by atoms with Gasteiger partial charge in [0.05, 0.1) is 24.3 Å². The van der Waals surface area contributed by atoms with Gasteiger partial charge < -0.3 is 15.8 Å². The maximum absolute atomic E-state index is 12.1. The Morgan fingerprint density at radius 3 is 2.86 bits per heavy atom. The zero-order chi connectivity index (χ0) is 14.8. The van der Waals surface area contributed by atoms with Gasteiger partial charge in [-0.15, -0.1) is 11.3 Å². The molecule has 6 heteroatoms. The van der Waals surface area contributed by atoms with Crippen LogP contribution in [0.4, 0.5) is 10.8 Å². The number of nitrogen functional groups attached to an aromatic ring is 1. The highest BCUT2D eigenvalue weighted by molar-refractivity contribution is 7.14. The van der Waals surface area contributed by atoms with Crippen LogP contribution in [0.1, 0.15) is 13.3 Å². The fourth-order valence-electron chi connectivity index (χ4n) is 2.32. The summed E-state index contributed by atoms with van der Waals surface area (Å²) in [5, 5.41) is 5.41. The molecule has 1 aliphatic heterocycles. The molecule has 2 aromatic rings. The number of hydrogen-bond acceptors (Lipinski definition) is 5. The molecular formula is C15H17N3O2S. The molecule has 2 heterocycles. The van der Waals surface area contributed by atoms with Crippen molar-refractivity contribution < 1.29 is 9.53 Å². The predicted octanol–water partition coefficient (Wildman–Crippen LogP) is 2.76. The molecule has 0 saturated carbocycles. The summed E-state index contributed by atoms with van der Waals surface area (Å²) in [6, 6.07) is 7.51. The number of aromatic nitrogens is 1. The van der Waals surface area contributed by atoms with Gasteiger partial charge in [-0.1, -0.05) is 12.1 Å². The monoisotopic (exact) mass is 303 g/mol. The maximum atomic E-state index is 12.1. The van der Waals surface area contributed by atoms with Gasteiger partial charge in [0.2, 0.25) is 5.91 Å². The number of amides is 1. The minimum absolute atomic E-state index is 0.0162. The van der Waals surface area contributed by atoms with Crippen LogP contribution in [-0.4, -0.2) is 23.6 Å². The first-order chi connectivity index (χ1) is 10.1. The lowest BCUT2D eigenvalue weighted by atomic mass is 10.1. The SMILES string of the molecule is CC1CC(C(=O)Nc2nc(-c3ccc(N)cc3)cs2)CO1. The molecule has 0 bridgehead atoms. The summed E-state index contributed by atoms with van der Waals surface area (Å²) < 4.78 is 5.42. The third-order valence-corrected chi connectivity index (χ3v) is 4.27. The number of hydrogen-bond donors (Lipinski definition) is 2. The normalized spacial score (nSPS) is 21.4. The van der Waals surface area contributed by atoms with E-state index in [-0.39, 0.29) is 17.9 Å². The molecule has 1 amide bonds. The van der Waals surface area contributed by atoms with Gasteiger partial charge in [-0.05, 0) is 25.5 Å². The molecule has 1 aliphatic rings. The number of nitrogens with one attached hydrogen (secondary N) is 1. The molecular weight excluding hydrogens is 286 g/mol. The van der Waals surface area contributed by atoms with E-state index in [2.05, 4.69) is 10.3 Å². The molecule has 3 N–H and O–H groups in total. The molecule has 110 valence electrons. The first-order valence-electron chi connectivity index (χ1n) is 6.86. The van der Waals surface area contributed by atoms with E-state index < -0.39 is 0 Å². The molecule has 1 saturated heterocycles. The van der Waals surface area contributed by atoms with Gasteiger partial charge in [-0.2, -0.15) is 0 Å². The van der Waals surface area contributed by atoms with Crippen LogP contribution in [0.25, 0.3) is 11.3 Å². The van der Waals surface area contributed by atoms with Crippen molar-refractivity contribution in [1.82, 2.24) is 4.98 Å². The van der Waals surface area contributed by atoms with E-state index in [4.69, 9.17) is 10.5 Å². The molecule has 1 aromatic heterocycles. The third kappa shape index (κ3) is 3.22. The Labute approximate surface area is 127 Å². The molecule has 0 spiro atoms. The zero-order valence-electron chi connectivity index (χ0n) is 11.7. The first kappa shape index (κ1) is 14.0. The molecule has 2 atom stereocenters. The quantitative estimate of drug-likeness (QED) is 0.855. The van der Waals surface area contributed by atoms with Crippen molar-refractivity contribution in [2.45, 2.75) is 19.4 Å². The predicted molar refractivity (Wildman–Crippen MR) is 84.1 cm³/mol. The van der Waals surface area contributed by atoms with Gasteiger partial charge in [-0.25, -0.2) is 4.98 Å². The second-order valence-corrected chi connectivity index (χ2v) is 6.08. The Kier molecular flexibility index (Phi) is 3.90. The Bertz CT molecular complexity index is 639. The van der Waals surface area contributed by atoms with E-state index in [1.54, 1.807) is 0 Å². The number of carbonyl (C=O) groups excluding carboxylic acids is 1. The number of nitrogens with two attached hydrogens (primary N) is 1. The lowest BCUT2D eigenvalue weighted by molar-refractivity contribution is -0.119. The van der Waals surface area contributed by atoms with Crippen LogP contribution < -0.4 is 11.1 Å². The molecule has 2 unspecified atom stereocenters. The average molecular weight is 303 g/mol. The summed E-state index contributed by atoms with van der Waals surface area (Å²) in [4.78, 5) is 16.6. The molecule has 1 aromatic carbocycles. The molecule has 5 nitrogen and oxygen atoms in total. The summed E-state index contributed by atoms with van der Waals surface area (Å²) in [6.07, 6.45) is 0.921. The van der Waals surface area contributed by atoms with E-state index >= 15 is 0 Å². The van der Waals surface area contributed by atoms with Crippen molar-refractivity contribution in [2.75, 3.05) is 17.7 Å². The summed E-state index contributed by atoms with van der Waals surface area (Å²) >= 11 is 1.42. The molecule has 3 rings (SSSR count). The van der Waals surface area contributed by atoms with Crippen molar-refractivity contribution in [2.24, 2.45) is 5.92 Å². The Morgan fingerprint density at radius 1 is 1.43 bits per heavy atom. The van der Waals surface area contributed by atoms with Crippen molar-refractivity contribution in [3.63, 3.8) is 0 Å². The maximum Gasteiger partial charge on any atom is 0.231 e. The van der Waals surface area contributed by atoms with E-state index in [1.807, 2.05) is 36.6 Å². The lowest BCUT2D eigenvalue weighted by Gasteiger charge is -2.06. The van der Waals surface area contributed by atoms with E-state index in [0.29, 0.717) is 11.7 Å². The van der Waals surface area contributed by atoms with Gasteiger partial charge in [-0.3, -0.25) is 4.79 Å². The number of nitrogens with zero attached hydrogens (tertiary/aromatic N) is 1. The van der Waals surface area contributed by atoms with Gasteiger partial charge in [0.25, 0.3) is 0 Å². The van der Waals surface area contributed by atoms with Gasteiger partial charge in [0, 0.05) is 16.6 Å². The highest BCUT2D eigenvalue weighted by Gasteiger charge is 2.28. The van der Waals surface area contributed by atoms with Crippen LogP contribution in [0.5, 0.6) is 0 Å². The highest BCUT2D eigenvalue weighted by Crippen LogP contribution is 2.27. The number of ether oxygens (including phenoxy) is 1. The molecule has 0 radical (unpaired) electrons. The second kappa shape index (κ2) is 5.83. The van der Waals surface area contributed by atoms with E-state index in [9.17, 15) is 4.79 Å². The number of carbonyl (C=O) groups is 1. The minimum Gasteiger partial charge on any atom is -0.399 e. The third-order valence-electron chi connectivity index (χ3n) is 3.51. The van der Waals surface area contributed by atoms with Gasteiger partial charge in [0.15, 0.2) is 5.13 Å². The summed E-state index contributed by atoms with van der Waals surface area (Å²) in [6.45, 7) is 2.47. The summed E-state index contributed by atoms with van der Waals surface area (Å²) in [5.41, 5.74) is 8.21. The number of thiazole rings is 1. The summed E-state index contributed by atoms with van der Waals surface area (Å²) in [5.74, 6) is -0.0959. The van der Waals surface area contributed by atoms with Gasteiger partial charge in [0.1, 0.15) is 0 Å². The largest absolute Gasteiger partial charge is 0.399 e. The van der Waals surface area contributed by atoms with E-state index in [0.717, 1.165) is 23.4 Å². The van der Waals surface area contributed by atoms with Crippen molar-refractivity contribution in [1.29, 1.82) is 0 Å². The number of benzene rings is 1. The second-order valence-electron chi connectivity index (χ2n) is 5.23. The highest BCUT2D eigenvalue weighted by atomic mass is 32.1. The Hall–Kier alpha value is -1.92. The first-order valence-corrected chi connectivity index (χ1v) is 7.73. The Balaban J connectivity index is 1.67. The summed E-state index contributed by atoms with van der Waals surface area (Å²) in [7, 11) is 0. The molecule has 1 fully saturated rings. The fraction of sp³-hybridized carbons (Fsp3) is 0.333. The van der Waals surface area contributed by atoms with Crippen LogP contribution in [-0.2, 0) is 9.53 Å². The smallest absolute Gasteiger partial charge is 0.231 e. The fourth-order valence-corrected chi connectivity index (χ4v) is 3.05. The lowest BCUT2D eigenvalue weighted by Crippen LogP contribution is -2.22. The molecule has 0 aliphatic carbocycles. The van der Waals surface area contributed by atoms with Crippen molar-refractivity contribution in [3.05, 3.63) is 29.6 Å². The average Bonchev–Trinajstić information content (AvgIpc) is 3.09. The zero-order valence-corrected chi connectivity index (χ0v) is 12.5. The van der Waals surface area contributed by atoms with Crippen LogP contribution in [0.2, 0.25) is 0 Å². The van der Waals surface area contributed by atoms with Crippen molar-refractivity contribution >= 4 is 28.1 Å². The van der Waals surface area contributed by atoms with Crippen LogP contribution in [0.3, 0.4) is 0 Å². The number of anilines is 2. The standard InChI is InChI=1S/C15H17N3O2S/c1-9-6-11(7-20-9)14(19)18-15-17-13(8-21-15)10-2-4-12(16)5-3-10/h2-5,8-9,11H,6-7,16H2,1H3,(H,17,18,19). The van der Waals surface area contributed by atoms with Crippen molar-refractivity contribution in [3.8, 4) is 11.3 Å². The Morgan fingerprint density at radius 2 is 2.19 bits per heavy atom. The van der Waals surface area contributed by atoms with Crippen LogP contribution >= 0.6 is 11.3 Å². The van der Waals surface area contributed by atoms with Crippen LogP contribution in [0.15, 0.2) is 29.6 Å². The number of rotatable bonds is 3. The molecule has 21 heavy (non-hydrogen) atoms. The van der Waals surface area contributed by atoms with Crippen LogP contribution in [0, 0.1) is 5.92 Å². The minimum atomic E-state index is -0.0797.